The molecule has 4 rings (SSSR count). The van der Waals surface area contributed by atoms with Crippen LogP contribution in [-0.4, -0.2) is 22.4 Å². The lowest BCUT2D eigenvalue weighted by Crippen LogP contribution is -2.30. The van der Waals surface area contributed by atoms with E-state index in [1.54, 1.807) is 18.5 Å². The molecule has 1 fully saturated rings. The molecule has 0 atom stereocenters. The molecular weight excluding hydrogens is 329 g/mol. The molecule has 4 nitrogen and oxygen atoms in total. The van der Waals surface area contributed by atoms with Crippen LogP contribution in [-0.2, 0) is 0 Å². The summed E-state index contributed by atoms with van der Waals surface area (Å²) in [6.07, 6.45) is 9.60. The first-order valence-corrected chi connectivity index (χ1v) is 9.22. The van der Waals surface area contributed by atoms with Crippen molar-refractivity contribution in [3.8, 4) is 11.1 Å². The molecule has 5 heteroatoms. The number of rotatable bonds is 4. The van der Waals surface area contributed by atoms with E-state index < -0.39 is 0 Å². The van der Waals surface area contributed by atoms with E-state index in [9.17, 15) is 9.18 Å². The van der Waals surface area contributed by atoms with E-state index in [0.717, 1.165) is 23.1 Å². The zero-order valence-corrected chi connectivity index (χ0v) is 14.6. The van der Waals surface area contributed by atoms with E-state index in [1.807, 2.05) is 12.1 Å². The Labute approximate surface area is 151 Å². The Kier molecular flexibility index (Phi) is 4.69. The topological polar surface area (TPSA) is 57.8 Å². The molecule has 2 heterocycles. The summed E-state index contributed by atoms with van der Waals surface area (Å²) in [6, 6.07) is 8.28. The van der Waals surface area contributed by atoms with E-state index in [-0.39, 0.29) is 11.7 Å². The third-order valence-corrected chi connectivity index (χ3v) is 5.21. The summed E-state index contributed by atoms with van der Waals surface area (Å²) in [5.41, 5.74) is 2.78. The minimum absolute atomic E-state index is 0.0833. The number of amides is 1. The molecule has 1 aromatic carbocycles. The zero-order chi connectivity index (χ0) is 17.9. The van der Waals surface area contributed by atoms with Crippen LogP contribution in [0.1, 0.15) is 42.5 Å². The number of carbonyl (C=O) groups excluding carboxylic acids is 1. The minimum Gasteiger partial charge on any atom is -0.352 e. The molecule has 0 saturated heterocycles. The fraction of sp³-hybridized carbons (Fsp3) is 0.333. The maximum Gasteiger partial charge on any atom is 0.253 e. The van der Waals surface area contributed by atoms with Gasteiger partial charge in [0.1, 0.15) is 11.5 Å². The van der Waals surface area contributed by atoms with Crippen molar-refractivity contribution in [1.82, 2.24) is 15.3 Å². The monoisotopic (exact) mass is 351 g/mol. The molecule has 2 aromatic heterocycles. The maximum atomic E-state index is 13.5. The summed E-state index contributed by atoms with van der Waals surface area (Å²) >= 11 is 0. The first kappa shape index (κ1) is 16.8. The summed E-state index contributed by atoms with van der Waals surface area (Å²) in [6.45, 7) is 0.725. The van der Waals surface area contributed by atoms with Crippen LogP contribution in [0.3, 0.4) is 0 Å². The highest BCUT2D eigenvalue weighted by atomic mass is 19.1. The number of aromatic amines is 1. The van der Waals surface area contributed by atoms with Crippen molar-refractivity contribution in [2.45, 2.75) is 32.1 Å². The fourth-order valence-corrected chi connectivity index (χ4v) is 3.74. The quantitative estimate of drug-likeness (QED) is 0.717. The first-order valence-electron chi connectivity index (χ1n) is 9.22. The Morgan fingerprint density at radius 3 is 2.85 bits per heavy atom. The van der Waals surface area contributed by atoms with Crippen molar-refractivity contribution < 1.29 is 9.18 Å². The van der Waals surface area contributed by atoms with Gasteiger partial charge in [0, 0.05) is 29.9 Å². The summed E-state index contributed by atoms with van der Waals surface area (Å²) in [7, 11) is 0. The molecule has 134 valence electrons. The number of aromatic nitrogens is 2. The van der Waals surface area contributed by atoms with Crippen molar-refractivity contribution >= 4 is 16.9 Å². The molecule has 0 bridgehead atoms. The van der Waals surface area contributed by atoms with Crippen LogP contribution < -0.4 is 5.32 Å². The van der Waals surface area contributed by atoms with Gasteiger partial charge in [-0.25, -0.2) is 9.37 Å². The molecule has 0 radical (unpaired) electrons. The highest BCUT2D eigenvalue weighted by Gasteiger charge is 2.17. The van der Waals surface area contributed by atoms with Gasteiger partial charge in [-0.05, 0) is 42.5 Å². The van der Waals surface area contributed by atoms with Gasteiger partial charge in [0.2, 0.25) is 0 Å². The van der Waals surface area contributed by atoms with Crippen LogP contribution in [0.15, 0.2) is 42.7 Å². The first-order chi connectivity index (χ1) is 12.7. The standard InChI is InChI=1S/C21H22FN3O/c22-17-8-4-7-15(9-17)16-10-18-19(13-24-20(18)23-12-16)21(26)25-11-14-5-2-1-3-6-14/h4,7-10,12-14H,1-3,5-6,11H2,(H,23,24)(H,25,26). The minimum atomic E-state index is -0.290. The SMILES string of the molecule is O=C(NCC1CCCCC1)c1c[nH]c2ncc(-c3cccc(F)c3)cc12. The Balaban J connectivity index is 1.57. The highest BCUT2D eigenvalue weighted by molar-refractivity contribution is 6.06. The number of nitrogens with zero attached hydrogens (tertiary/aromatic N) is 1. The van der Waals surface area contributed by atoms with Crippen LogP contribution >= 0.6 is 0 Å². The van der Waals surface area contributed by atoms with Crippen molar-refractivity contribution in [2.24, 2.45) is 5.92 Å². The summed E-state index contributed by atoms with van der Waals surface area (Å²) in [5, 5.41) is 3.83. The lowest BCUT2D eigenvalue weighted by Gasteiger charge is -2.21. The second kappa shape index (κ2) is 7.28. The number of fused-ring (bicyclic) bond motifs is 1. The van der Waals surface area contributed by atoms with Gasteiger partial charge in [-0.3, -0.25) is 4.79 Å². The molecule has 2 N–H and O–H groups in total. The second-order valence-electron chi connectivity index (χ2n) is 7.05. The van der Waals surface area contributed by atoms with Gasteiger partial charge in [0.15, 0.2) is 0 Å². The van der Waals surface area contributed by atoms with Gasteiger partial charge < -0.3 is 10.3 Å². The smallest absolute Gasteiger partial charge is 0.253 e. The molecule has 0 unspecified atom stereocenters. The summed E-state index contributed by atoms with van der Waals surface area (Å²) < 4.78 is 13.5. The van der Waals surface area contributed by atoms with Gasteiger partial charge in [-0.1, -0.05) is 31.4 Å². The zero-order valence-electron chi connectivity index (χ0n) is 14.6. The predicted octanol–water partition coefficient (Wildman–Crippen LogP) is 4.68. The highest BCUT2D eigenvalue weighted by Crippen LogP contribution is 2.26. The Hall–Kier alpha value is -2.69. The van der Waals surface area contributed by atoms with E-state index in [0.29, 0.717) is 17.1 Å². The van der Waals surface area contributed by atoms with E-state index in [4.69, 9.17) is 0 Å². The Morgan fingerprint density at radius 2 is 2.04 bits per heavy atom. The Morgan fingerprint density at radius 1 is 1.19 bits per heavy atom. The number of H-pyrrole nitrogens is 1. The molecular formula is C21H22FN3O. The second-order valence-corrected chi connectivity index (χ2v) is 7.05. The predicted molar refractivity (Wildman–Crippen MR) is 100 cm³/mol. The van der Waals surface area contributed by atoms with Crippen LogP contribution in [0.4, 0.5) is 4.39 Å². The molecule has 0 spiro atoms. The van der Waals surface area contributed by atoms with Crippen molar-refractivity contribution in [3.05, 3.63) is 54.1 Å². The van der Waals surface area contributed by atoms with Crippen LogP contribution in [0.2, 0.25) is 0 Å². The van der Waals surface area contributed by atoms with Crippen LogP contribution in [0.25, 0.3) is 22.2 Å². The number of nitrogens with one attached hydrogen (secondary N) is 2. The van der Waals surface area contributed by atoms with Crippen LogP contribution in [0, 0.1) is 11.7 Å². The number of carbonyl (C=O) groups is 1. The number of hydrogen-bond donors (Lipinski definition) is 2. The number of hydrogen-bond acceptors (Lipinski definition) is 2. The number of halogens is 1. The molecule has 1 saturated carbocycles. The van der Waals surface area contributed by atoms with E-state index in [1.165, 1.54) is 44.2 Å². The third-order valence-electron chi connectivity index (χ3n) is 5.21. The molecule has 3 aromatic rings. The van der Waals surface area contributed by atoms with Gasteiger partial charge >= 0.3 is 0 Å². The molecule has 1 amide bonds. The van der Waals surface area contributed by atoms with E-state index in [2.05, 4.69) is 15.3 Å². The van der Waals surface area contributed by atoms with Crippen molar-refractivity contribution in [1.29, 1.82) is 0 Å². The summed E-state index contributed by atoms with van der Waals surface area (Å²) in [5.74, 6) is 0.209. The third kappa shape index (κ3) is 3.47. The van der Waals surface area contributed by atoms with Gasteiger partial charge in [0.25, 0.3) is 5.91 Å². The fourth-order valence-electron chi connectivity index (χ4n) is 3.74. The molecule has 1 aliphatic carbocycles. The molecule has 1 aliphatic rings. The van der Waals surface area contributed by atoms with Gasteiger partial charge in [-0.2, -0.15) is 0 Å². The van der Waals surface area contributed by atoms with Gasteiger partial charge in [0.05, 0.1) is 5.56 Å². The maximum absolute atomic E-state index is 13.5. The average Bonchev–Trinajstić information content (AvgIpc) is 3.10. The van der Waals surface area contributed by atoms with Crippen molar-refractivity contribution in [2.75, 3.05) is 6.54 Å². The van der Waals surface area contributed by atoms with Crippen LogP contribution in [0.5, 0.6) is 0 Å². The average molecular weight is 351 g/mol. The summed E-state index contributed by atoms with van der Waals surface area (Å²) in [4.78, 5) is 20.1. The van der Waals surface area contributed by atoms with Gasteiger partial charge in [-0.15, -0.1) is 0 Å². The lowest BCUT2D eigenvalue weighted by molar-refractivity contribution is 0.0945. The molecule has 26 heavy (non-hydrogen) atoms. The van der Waals surface area contributed by atoms with E-state index >= 15 is 0 Å². The normalized spacial score (nSPS) is 15.3. The lowest BCUT2D eigenvalue weighted by atomic mass is 9.89. The number of pyridine rings is 1. The largest absolute Gasteiger partial charge is 0.352 e. The Bertz CT molecular complexity index is 928. The van der Waals surface area contributed by atoms with Crippen molar-refractivity contribution in [3.63, 3.8) is 0 Å². The molecule has 0 aliphatic heterocycles. The number of benzene rings is 1.